The molecule has 7 nitrogen and oxygen atoms in total. The fourth-order valence-corrected chi connectivity index (χ4v) is 4.98. The standard InChI is InChI=1S/C31H31F2N3O4/c1-8-26-34-17(4)27(35-26)25-12-20-29(40-25)21(14-36(7)30(20)37)19-11-22(31(5,6)38)23(33)13-24(19)39-28-15(2)9-18(32)10-16(28)3/h9-14,38H,8H2,1-7H3,(H,34,35). The predicted octanol–water partition coefficient (Wildman–Crippen LogP) is 6.97. The Hall–Kier alpha value is -4.24. The molecule has 0 bridgehead atoms. The number of benzene rings is 2. The number of aromatic nitrogens is 3. The predicted molar refractivity (Wildman–Crippen MR) is 150 cm³/mol. The third-order valence-corrected chi connectivity index (χ3v) is 7.01. The minimum atomic E-state index is -1.52. The Bertz CT molecular complexity index is 1820. The van der Waals surface area contributed by atoms with Crippen LogP contribution >= 0.6 is 0 Å². The molecule has 0 aliphatic carbocycles. The molecule has 0 saturated heterocycles. The first kappa shape index (κ1) is 27.3. The van der Waals surface area contributed by atoms with Crippen LogP contribution in [0.3, 0.4) is 0 Å². The lowest BCUT2D eigenvalue weighted by atomic mass is 9.93. The summed E-state index contributed by atoms with van der Waals surface area (Å²) in [4.78, 5) is 21.0. The largest absolute Gasteiger partial charge is 0.456 e. The molecule has 2 N–H and O–H groups in total. The second-order valence-electron chi connectivity index (χ2n) is 10.7. The Morgan fingerprint density at radius 3 is 2.35 bits per heavy atom. The third kappa shape index (κ3) is 4.70. The minimum Gasteiger partial charge on any atom is -0.456 e. The van der Waals surface area contributed by atoms with Crippen molar-refractivity contribution in [2.75, 3.05) is 0 Å². The van der Waals surface area contributed by atoms with Gasteiger partial charge in [0, 0.05) is 48.1 Å². The van der Waals surface area contributed by atoms with Crippen LogP contribution in [0.2, 0.25) is 0 Å². The molecule has 0 amide bonds. The van der Waals surface area contributed by atoms with Gasteiger partial charge in [0.1, 0.15) is 40.2 Å². The van der Waals surface area contributed by atoms with Gasteiger partial charge in [-0.1, -0.05) is 6.92 Å². The van der Waals surface area contributed by atoms with Gasteiger partial charge >= 0.3 is 0 Å². The van der Waals surface area contributed by atoms with Crippen LogP contribution in [-0.4, -0.2) is 19.6 Å². The van der Waals surface area contributed by atoms with E-state index in [1.807, 2.05) is 13.8 Å². The summed E-state index contributed by atoms with van der Waals surface area (Å²) in [6.45, 7) is 10.2. The quantitative estimate of drug-likeness (QED) is 0.239. The van der Waals surface area contributed by atoms with Crippen LogP contribution in [0.15, 0.2) is 45.7 Å². The summed E-state index contributed by atoms with van der Waals surface area (Å²) in [5, 5.41) is 11.1. The highest BCUT2D eigenvalue weighted by Gasteiger charge is 2.27. The SMILES string of the molecule is CCc1nc(-c2cc3c(=O)n(C)cc(-c4cc(C(C)(C)O)c(F)cc4Oc4c(C)cc(F)cc4C)c3o2)c(C)[nH]1. The van der Waals surface area contributed by atoms with Gasteiger partial charge < -0.3 is 23.8 Å². The van der Waals surface area contributed by atoms with E-state index in [2.05, 4.69) is 9.97 Å². The Balaban J connectivity index is 1.81. The number of hydrogen-bond donors (Lipinski definition) is 2. The number of H-pyrrole nitrogens is 1. The Morgan fingerprint density at radius 2 is 1.75 bits per heavy atom. The highest BCUT2D eigenvalue weighted by molar-refractivity contribution is 5.95. The normalized spacial score (nSPS) is 11.9. The van der Waals surface area contributed by atoms with Crippen molar-refractivity contribution in [3.8, 4) is 34.1 Å². The molecule has 5 aromatic rings. The maximum Gasteiger partial charge on any atom is 0.261 e. The summed E-state index contributed by atoms with van der Waals surface area (Å²) in [7, 11) is 1.61. The number of nitrogens with zero attached hydrogens (tertiary/aromatic N) is 2. The average molecular weight is 548 g/mol. The zero-order valence-corrected chi connectivity index (χ0v) is 23.5. The summed E-state index contributed by atoms with van der Waals surface area (Å²) in [6, 6.07) is 7.01. The maximum atomic E-state index is 15.4. The highest BCUT2D eigenvalue weighted by Crippen LogP contribution is 2.43. The number of ether oxygens (including phenoxy) is 1. The van der Waals surface area contributed by atoms with Gasteiger partial charge in [0.25, 0.3) is 5.56 Å². The number of aliphatic hydroxyl groups is 1. The zero-order valence-electron chi connectivity index (χ0n) is 23.5. The number of furan rings is 1. The van der Waals surface area contributed by atoms with Crippen LogP contribution in [-0.2, 0) is 19.1 Å². The molecule has 2 aromatic carbocycles. The monoisotopic (exact) mass is 547 g/mol. The van der Waals surface area contributed by atoms with Gasteiger partial charge in [-0.15, -0.1) is 0 Å². The molecule has 0 radical (unpaired) electrons. The van der Waals surface area contributed by atoms with Crippen LogP contribution in [0.25, 0.3) is 33.6 Å². The van der Waals surface area contributed by atoms with Crippen molar-refractivity contribution in [2.24, 2.45) is 7.05 Å². The fourth-order valence-electron chi connectivity index (χ4n) is 4.98. The molecule has 0 unspecified atom stereocenters. The number of imidazole rings is 1. The van der Waals surface area contributed by atoms with E-state index in [0.717, 1.165) is 11.5 Å². The number of aromatic amines is 1. The molecule has 0 fully saturated rings. The van der Waals surface area contributed by atoms with Crippen molar-refractivity contribution < 1.29 is 23.0 Å². The van der Waals surface area contributed by atoms with Crippen molar-refractivity contribution in [2.45, 2.75) is 53.6 Å². The molecule has 5 rings (SSSR count). The lowest BCUT2D eigenvalue weighted by Crippen LogP contribution is -2.18. The van der Waals surface area contributed by atoms with Crippen molar-refractivity contribution in [1.29, 1.82) is 0 Å². The van der Waals surface area contributed by atoms with E-state index >= 15 is 4.39 Å². The maximum absolute atomic E-state index is 15.4. The van der Waals surface area contributed by atoms with E-state index < -0.39 is 17.2 Å². The van der Waals surface area contributed by atoms with Crippen molar-refractivity contribution in [3.63, 3.8) is 0 Å². The molecule has 0 spiro atoms. The Kier molecular flexibility index (Phi) is 6.66. The molecular weight excluding hydrogens is 516 g/mol. The van der Waals surface area contributed by atoms with Crippen LogP contribution in [0.4, 0.5) is 8.78 Å². The average Bonchev–Trinajstić information content (AvgIpc) is 3.47. The molecule has 9 heteroatoms. The van der Waals surface area contributed by atoms with Crippen molar-refractivity contribution >= 4 is 11.0 Å². The summed E-state index contributed by atoms with van der Waals surface area (Å²) in [5.41, 5.74) is 1.78. The number of hydrogen-bond acceptors (Lipinski definition) is 5. The molecule has 40 heavy (non-hydrogen) atoms. The van der Waals surface area contributed by atoms with Crippen molar-refractivity contribution in [1.82, 2.24) is 14.5 Å². The van der Waals surface area contributed by atoms with Crippen LogP contribution in [0.1, 0.15) is 49.0 Å². The van der Waals surface area contributed by atoms with Crippen LogP contribution in [0.5, 0.6) is 11.5 Å². The summed E-state index contributed by atoms with van der Waals surface area (Å²) in [6.07, 6.45) is 2.29. The number of nitrogens with one attached hydrogen (secondary N) is 1. The van der Waals surface area contributed by atoms with Gasteiger partial charge in [0.05, 0.1) is 11.0 Å². The Labute approximate surface area is 230 Å². The van der Waals surface area contributed by atoms with Gasteiger partial charge in [0.2, 0.25) is 0 Å². The summed E-state index contributed by atoms with van der Waals surface area (Å²) < 4.78 is 43.3. The van der Waals surface area contributed by atoms with Gasteiger partial charge in [0.15, 0.2) is 5.76 Å². The van der Waals surface area contributed by atoms with E-state index in [1.165, 1.54) is 42.7 Å². The van der Waals surface area contributed by atoms with Gasteiger partial charge in [-0.3, -0.25) is 4.79 Å². The van der Waals surface area contributed by atoms with Crippen molar-refractivity contribution in [3.05, 3.63) is 86.7 Å². The van der Waals surface area contributed by atoms with Gasteiger partial charge in [-0.2, -0.15) is 0 Å². The highest BCUT2D eigenvalue weighted by atomic mass is 19.1. The van der Waals surface area contributed by atoms with Crippen LogP contribution < -0.4 is 10.3 Å². The summed E-state index contributed by atoms with van der Waals surface area (Å²) in [5.74, 6) is 0.600. The molecule has 3 heterocycles. The molecule has 3 aromatic heterocycles. The van der Waals surface area contributed by atoms with E-state index in [9.17, 15) is 14.3 Å². The Morgan fingerprint density at radius 1 is 1.07 bits per heavy atom. The molecule has 0 aliphatic heterocycles. The summed E-state index contributed by atoms with van der Waals surface area (Å²) >= 11 is 0. The number of fused-ring (bicyclic) bond motifs is 1. The number of aryl methyl sites for hydroxylation is 5. The molecule has 0 atom stereocenters. The van der Waals surface area contributed by atoms with E-state index in [-0.39, 0.29) is 22.5 Å². The second kappa shape index (κ2) is 9.75. The molecule has 208 valence electrons. The second-order valence-corrected chi connectivity index (χ2v) is 10.7. The first-order valence-electron chi connectivity index (χ1n) is 13.0. The zero-order chi connectivity index (χ0) is 29.1. The van der Waals surface area contributed by atoms with E-state index in [4.69, 9.17) is 9.15 Å². The topological polar surface area (TPSA) is 93.3 Å². The lowest BCUT2D eigenvalue weighted by molar-refractivity contribution is 0.0745. The van der Waals surface area contributed by atoms with Gasteiger partial charge in [-0.25, -0.2) is 13.8 Å². The first-order chi connectivity index (χ1) is 18.8. The van der Waals surface area contributed by atoms with Gasteiger partial charge in [-0.05, 0) is 70.0 Å². The number of halogens is 2. The minimum absolute atomic E-state index is 0.0342. The number of rotatable bonds is 6. The number of pyridine rings is 1. The fraction of sp³-hybridized carbons (Fsp3) is 0.290. The first-order valence-corrected chi connectivity index (χ1v) is 13.0. The molecule has 0 saturated carbocycles. The van der Waals surface area contributed by atoms with E-state index in [0.29, 0.717) is 51.3 Å². The lowest BCUT2D eigenvalue weighted by Gasteiger charge is -2.22. The third-order valence-electron chi connectivity index (χ3n) is 7.01. The van der Waals surface area contributed by atoms with Crippen LogP contribution in [0, 0.1) is 32.4 Å². The van der Waals surface area contributed by atoms with E-state index in [1.54, 1.807) is 33.2 Å². The molecular formula is C31H31F2N3O4. The smallest absolute Gasteiger partial charge is 0.261 e. The molecule has 0 aliphatic rings.